The molecule has 2 nitrogen and oxygen atoms in total. The summed E-state index contributed by atoms with van der Waals surface area (Å²) in [7, 11) is 0. The molecule has 0 aliphatic carbocycles. The first-order valence-corrected chi connectivity index (χ1v) is 0.183. The maximum absolute atomic E-state index is 7.25. The molecule has 0 amide bonds. The molecule has 0 aromatic rings. The second kappa shape index (κ2) is 55.4. The molecule has 0 aliphatic heterocycles. The number of nitroso groups, excluding NO2 is 1. The summed E-state index contributed by atoms with van der Waals surface area (Å²) >= 11 is 0. The molecular formula is NOV3-. The molecule has 0 aromatic carbocycles. The summed E-state index contributed by atoms with van der Waals surface area (Å²) < 4.78 is 0. The molecule has 0 saturated carbocycles. The Morgan fingerprint density at radius 2 is 0.800 bits per heavy atom. The minimum absolute atomic E-state index is 0. The van der Waals surface area contributed by atoms with E-state index in [1.54, 1.807) is 0 Å². The molecule has 0 spiro atoms. The SMILES string of the molecule is [N-]=O.[V].[V].[V]. The van der Waals surface area contributed by atoms with Crippen LogP contribution < -0.4 is 0 Å². The molecule has 0 aliphatic rings. The van der Waals surface area contributed by atoms with E-state index in [1.807, 2.05) is 0 Å². The Morgan fingerprint density at radius 3 is 0.800 bits per heavy atom. The fourth-order valence-electron chi connectivity index (χ4n) is 0. The van der Waals surface area contributed by atoms with Gasteiger partial charge in [0.25, 0.3) is 0 Å². The first-order valence-electron chi connectivity index (χ1n) is 0.183. The van der Waals surface area contributed by atoms with Crippen molar-refractivity contribution in [3.05, 3.63) is 10.5 Å². The summed E-state index contributed by atoms with van der Waals surface area (Å²) in [6, 6.07) is 0. The van der Waals surface area contributed by atoms with Crippen molar-refractivity contribution in [2.45, 2.75) is 0 Å². The molecule has 0 rings (SSSR count). The van der Waals surface area contributed by atoms with Crippen molar-refractivity contribution in [3.63, 3.8) is 0 Å². The third-order valence-electron chi connectivity index (χ3n) is 0. The van der Waals surface area contributed by atoms with Gasteiger partial charge in [-0.3, -0.25) is 0 Å². The Kier molecular flexibility index (Phi) is 364. The normalized spacial score (nSPS) is 0.800. The van der Waals surface area contributed by atoms with Gasteiger partial charge in [0.15, 0.2) is 0 Å². The van der Waals surface area contributed by atoms with E-state index in [-0.39, 0.29) is 55.7 Å². The van der Waals surface area contributed by atoms with Crippen molar-refractivity contribution < 1.29 is 55.7 Å². The van der Waals surface area contributed by atoms with E-state index >= 15 is 0 Å². The van der Waals surface area contributed by atoms with Gasteiger partial charge in [-0.05, 0) is 0 Å². The van der Waals surface area contributed by atoms with Gasteiger partial charge < -0.3 is 10.5 Å². The smallest absolute Gasteiger partial charge is 0 e. The van der Waals surface area contributed by atoms with Gasteiger partial charge in [-0.1, -0.05) is 0 Å². The van der Waals surface area contributed by atoms with Crippen LogP contribution in [0.5, 0.6) is 0 Å². The van der Waals surface area contributed by atoms with Gasteiger partial charge in [0.2, 0.25) is 0 Å². The van der Waals surface area contributed by atoms with E-state index in [0.717, 1.165) is 0 Å². The van der Waals surface area contributed by atoms with E-state index in [9.17, 15) is 0 Å². The van der Waals surface area contributed by atoms with Crippen molar-refractivity contribution in [2.75, 3.05) is 0 Å². The number of rotatable bonds is 0. The molecular weight excluding hydrogens is 183 g/mol. The molecule has 3 radical (unpaired) electrons. The average Bonchev–Trinajstić information content (AvgIpc) is 1.00. The van der Waals surface area contributed by atoms with Crippen LogP contribution in [0.3, 0.4) is 0 Å². The Labute approximate surface area is 65.9 Å². The molecule has 0 aromatic heterocycles. The molecule has 0 fully saturated rings. The van der Waals surface area contributed by atoms with Crippen molar-refractivity contribution in [1.29, 1.82) is 0 Å². The zero-order chi connectivity index (χ0) is 2.00. The fourth-order valence-corrected chi connectivity index (χ4v) is 0. The molecule has 0 saturated heterocycles. The van der Waals surface area contributed by atoms with E-state index in [1.165, 1.54) is 0 Å². The Morgan fingerprint density at radius 1 is 0.800 bits per heavy atom. The van der Waals surface area contributed by atoms with Crippen LogP contribution >= 0.6 is 0 Å². The third-order valence-corrected chi connectivity index (χ3v) is 0. The van der Waals surface area contributed by atoms with Gasteiger partial charge in [0, 0.05) is 55.7 Å². The number of hydrogen-bond donors (Lipinski definition) is 0. The first-order chi connectivity index (χ1) is 1.00. The van der Waals surface area contributed by atoms with Crippen LogP contribution in [-0.2, 0) is 55.7 Å². The van der Waals surface area contributed by atoms with Crippen LogP contribution in [0.2, 0.25) is 0 Å². The summed E-state index contributed by atoms with van der Waals surface area (Å²) in [5.41, 5.74) is 5.75. The Balaban J connectivity index is -0.00000000167. The van der Waals surface area contributed by atoms with Crippen LogP contribution in [-0.4, -0.2) is 0 Å². The fraction of sp³-hybridized carbons (Fsp3) is 0. The van der Waals surface area contributed by atoms with Crippen LogP contribution in [0.1, 0.15) is 0 Å². The number of hydrogen-bond acceptors (Lipinski definition) is 1. The predicted molar refractivity (Wildman–Crippen MR) is 6.73 cm³/mol. The zero-order valence-electron chi connectivity index (χ0n) is 2.20. The van der Waals surface area contributed by atoms with Gasteiger partial charge >= 0.3 is 0 Å². The van der Waals surface area contributed by atoms with Crippen molar-refractivity contribution in [1.82, 2.24) is 0 Å². The summed E-state index contributed by atoms with van der Waals surface area (Å²) in [4.78, 5) is 7.25. The summed E-state index contributed by atoms with van der Waals surface area (Å²) in [6.07, 6.45) is 0. The molecule has 27 valence electrons. The molecule has 0 bridgehead atoms. The van der Waals surface area contributed by atoms with Crippen molar-refractivity contribution >= 4 is 0 Å². The molecule has 0 unspecified atom stereocenters. The molecule has 5 heteroatoms. The topological polar surface area (TPSA) is 39.4 Å². The second-order valence-electron chi connectivity index (χ2n) is 0. The molecule has 0 heterocycles. The Bertz CT molecular complexity index is 6.85. The van der Waals surface area contributed by atoms with Gasteiger partial charge in [0.05, 0.1) is 0 Å². The molecule has 0 N–H and O–H groups in total. The summed E-state index contributed by atoms with van der Waals surface area (Å²) in [6.45, 7) is 0. The largest absolute Gasteiger partial charge is 0.577 e. The van der Waals surface area contributed by atoms with Gasteiger partial charge in [-0.15, -0.1) is 0 Å². The summed E-state index contributed by atoms with van der Waals surface area (Å²) in [5, 5.41) is 0. The van der Waals surface area contributed by atoms with Crippen molar-refractivity contribution in [3.8, 4) is 0 Å². The van der Waals surface area contributed by atoms with E-state index in [2.05, 4.69) is 0 Å². The molecule has 5 heavy (non-hydrogen) atoms. The van der Waals surface area contributed by atoms with Crippen LogP contribution in [0.25, 0.3) is 5.59 Å². The third kappa shape index (κ3) is 32.9. The predicted octanol–water partition coefficient (Wildman–Crippen LogP) is 0.315. The Hall–Kier alpha value is 1.35. The van der Waals surface area contributed by atoms with E-state index < -0.39 is 0 Å². The maximum atomic E-state index is 7.25. The van der Waals surface area contributed by atoms with Gasteiger partial charge in [0.1, 0.15) is 0 Å². The standard InChI is InChI=1S/NO.3V/c1-2;;;/q-1;;;. The van der Waals surface area contributed by atoms with Gasteiger partial charge in [-0.25, -0.2) is 0 Å². The van der Waals surface area contributed by atoms with E-state index in [0.29, 0.717) is 0 Å². The quantitative estimate of drug-likeness (QED) is 0.532. The summed E-state index contributed by atoms with van der Waals surface area (Å²) in [5.74, 6) is 0. The van der Waals surface area contributed by atoms with Crippen molar-refractivity contribution in [2.24, 2.45) is 0 Å². The zero-order valence-corrected chi connectivity index (χ0v) is 6.39. The first kappa shape index (κ1) is 32.9. The van der Waals surface area contributed by atoms with E-state index in [4.69, 9.17) is 10.5 Å². The minimum atomic E-state index is 0. The molecule has 0 atom stereocenters. The minimum Gasteiger partial charge on any atom is -0.577 e. The van der Waals surface area contributed by atoms with Gasteiger partial charge in [-0.2, -0.15) is 0 Å². The van der Waals surface area contributed by atoms with Crippen LogP contribution in [0, 0.1) is 4.91 Å². The number of nitrogens with zero attached hydrogens (tertiary/aromatic N) is 1. The average molecular weight is 183 g/mol. The second-order valence-corrected chi connectivity index (χ2v) is 0. The van der Waals surface area contributed by atoms with Crippen LogP contribution in [0.4, 0.5) is 0 Å². The maximum Gasteiger partial charge on any atom is 0 e. The monoisotopic (exact) mass is 183 g/mol. The van der Waals surface area contributed by atoms with Crippen LogP contribution in [0.15, 0.2) is 0 Å².